The first kappa shape index (κ1) is 80.8. The molecule has 0 saturated carbocycles. The lowest BCUT2D eigenvalue weighted by Gasteiger charge is -2.20. The van der Waals surface area contributed by atoms with Crippen LogP contribution in [0.3, 0.4) is 0 Å². The van der Waals surface area contributed by atoms with Crippen molar-refractivity contribution in [3.63, 3.8) is 0 Å². The van der Waals surface area contributed by atoms with Crippen molar-refractivity contribution in [2.75, 3.05) is 13.2 Å². The second-order valence-electron chi connectivity index (χ2n) is 25.6. The topological polar surface area (TPSA) is 95.9 Å². The van der Waals surface area contributed by atoms with Gasteiger partial charge in [-0.25, -0.2) is 0 Å². The Morgan fingerprint density at radius 2 is 0.602 bits per heavy atom. The number of aliphatic hydroxyl groups excluding tert-OH is 2. The monoisotopic (exact) mass is 1160 g/mol. The van der Waals surface area contributed by atoms with Gasteiger partial charge >= 0.3 is 5.97 Å². The summed E-state index contributed by atoms with van der Waals surface area (Å²) in [4.78, 5) is 24.6. The third-order valence-electron chi connectivity index (χ3n) is 17.3. The Morgan fingerprint density at radius 1 is 0.337 bits per heavy atom. The van der Waals surface area contributed by atoms with E-state index >= 15 is 0 Å². The molecule has 6 nitrogen and oxygen atoms in total. The van der Waals surface area contributed by atoms with Gasteiger partial charge in [-0.05, 0) is 89.9 Å². The molecule has 0 aliphatic heterocycles. The van der Waals surface area contributed by atoms with Crippen LogP contribution >= 0.6 is 0 Å². The van der Waals surface area contributed by atoms with Crippen molar-refractivity contribution in [1.29, 1.82) is 0 Å². The third-order valence-corrected chi connectivity index (χ3v) is 17.3. The van der Waals surface area contributed by atoms with E-state index in [9.17, 15) is 19.8 Å². The number of nitrogens with one attached hydrogen (secondary N) is 1. The third kappa shape index (κ3) is 68.8. The van der Waals surface area contributed by atoms with E-state index in [-0.39, 0.29) is 18.5 Å². The molecular formula is C77H145NO5. The molecule has 0 heterocycles. The van der Waals surface area contributed by atoms with Gasteiger partial charge in [0.05, 0.1) is 25.4 Å². The smallest absolute Gasteiger partial charge is 0.305 e. The zero-order chi connectivity index (χ0) is 59.9. The van der Waals surface area contributed by atoms with E-state index in [0.29, 0.717) is 19.4 Å². The maximum Gasteiger partial charge on any atom is 0.305 e. The van der Waals surface area contributed by atoms with Crippen LogP contribution < -0.4 is 5.32 Å². The zero-order valence-corrected chi connectivity index (χ0v) is 55.9. The standard InChI is InChI=1S/C77H145NO5/c1-3-5-7-9-11-13-15-17-19-38-41-45-49-53-57-61-65-69-75(80)74(73-79)78-76(81)70-66-62-58-54-50-46-42-39-36-34-32-30-28-26-24-22-21-23-25-27-29-31-33-35-37-40-44-48-52-56-60-64-68-72-83-77(82)71-67-63-59-55-51-47-43-20-18-16-14-12-10-8-6-4-2/h14,16,20,25,27,43,65,69,74-75,79-80H,3-13,15,17-19,21-24,26,28-42,44-64,66-68,70-73H2,1-2H3,(H,78,81)/b16-14-,27-25-,43-20-,69-65+. The molecule has 0 fully saturated rings. The lowest BCUT2D eigenvalue weighted by atomic mass is 10.0. The molecule has 83 heavy (non-hydrogen) atoms. The minimum atomic E-state index is -0.843. The first-order valence-corrected chi connectivity index (χ1v) is 37.4. The van der Waals surface area contributed by atoms with Gasteiger partial charge in [-0.3, -0.25) is 9.59 Å². The summed E-state index contributed by atoms with van der Waals surface area (Å²) in [6.45, 7) is 4.91. The largest absolute Gasteiger partial charge is 0.466 e. The predicted molar refractivity (Wildman–Crippen MR) is 366 cm³/mol. The van der Waals surface area contributed by atoms with Crippen LogP contribution in [0.5, 0.6) is 0 Å². The number of hydrogen-bond donors (Lipinski definition) is 3. The van der Waals surface area contributed by atoms with Gasteiger partial charge in [0.2, 0.25) is 5.91 Å². The average Bonchev–Trinajstić information content (AvgIpc) is 3.49. The Kier molecular flexibility index (Phi) is 70.4. The van der Waals surface area contributed by atoms with Gasteiger partial charge in [-0.2, -0.15) is 0 Å². The molecule has 0 aliphatic carbocycles. The van der Waals surface area contributed by atoms with Crippen molar-refractivity contribution in [2.45, 2.75) is 418 Å². The number of unbranched alkanes of at least 4 members (excludes halogenated alkanes) is 53. The average molecular weight is 1170 g/mol. The van der Waals surface area contributed by atoms with Gasteiger partial charge in [0.15, 0.2) is 0 Å². The summed E-state index contributed by atoms with van der Waals surface area (Å²) in [5.74, 6) is -0.0570. The minimum Gasteiger partial charge on any atom is -0.466 e. The Morgan fingerprint density at radius 3 is 0.940 bits per heavy atom. The fraction of sp³-hybridized carbons (Fsp3) is 0.870. The van der Waals surface area contributed by atoms with E-state index < -0.39 is 12.1 Å². The van der Waals surface area contributed by atoms with Gasteiger partial charge in [0, 0.05) is 12.8 Å². The fourth-order valence-electron chi connectivity index (χ4n) is 11.6. The Bertz CT molecular complexity index is 1390. The number of carbonyl (C=O) groups is 2. The molecule has 0 saturated heterocycles. The zero-order valence-electron chi connectivity index (χ0n) is 55.9. The molecule has 0 aromatic heterocycles. The summed E-state index contributed by atoms with van der Waals surface area (Å²) in [5, 5.41) is 23.2. The number of aliphatic hydroxyl groups is 2. The van der Waals surface area contributed by atoms with Gasteiger partial charge in [0.25, 0.3) is 0 Å². The van der Waals surface area contributed by atoms with E-state index in [1.165, 1.54) is 327 Å². The number of allylic oxidation sites excluding steroid dienone is 7. The predicted octanol–water partition coefficient (Wildman–Crippen LogP) is 24.4. The van der Waals surface area contributed by atoms with Crippen molar-refractivity contribution >= 4 is 11.9 Å². The SMILES string of the molecule is CCCCCC/C=C\C/C=C\CCCCCCCC(=O)OCCCCCCCCCCCCCC/C=C\CCCCCCCCCCCCCCCCCCCC(=O)NC(CO)C(O)/C=C/CCCCCCCCCCCCCCCCC. The summed E-state index contributed by atoms with van der Waals surface area (Å²) < 4.78 is 5.49. The van der Waals surface area contributed by atoms with E-state index in [2.05, 4.69) is 55.6 Å². The molecule has 2 unspecified atom stereocenters. The minimum absolute atomic E-state index is 0.00517. The highest BCUT2D eigenvalue weighted by molar-refractivity contribution is 5.76. The lowest BCUT2D eigenvalue weighted by Crippen LogP contribution is -2.45. The molecule has 0 rings (SSSR count). The van der Waals surface area contributed by atoms with Crippen LogP contribution in [0.25, 0.3) is 0 Å². The van der Waals surface area contributed by atoms with Crippen LogP contribution in [0, 0.1) is 0 Å². The van der Waals surface area contributed by atoms with Crippen LogP contribution in [0.2, 0.25) is 0 Å². The number of esters is 1. The molecule has 1 amide bonds. The molecule has 6 heteroatoms. The van der Waals surface area contributed by atoms with Crippen LogP contribution in [0.1, 0.15) is 406 Å². The molecule has 0 aliphatic rings. The van der Waals surface area contributed by atoms with Crippen LogP contribution in [0.15, 0.2) is 48.6 Å². The van der Waals surface area contributed by atoms with Gasteiger partial charge < -0.3 is 20.3 Å². The fourth-order valence-corrected chi connectivity index (χ4v) is 11.6. The normalized spacial score (nSPS) is 12.8. The maximum absolute atomic E-state index is 12.5. The maximum atomic E-state index is 12.5. The highest BCUT2D eigenvalue weighted by atomic mass is 16.5. The quantitative estimate of drug-likeness (QED) is 0.0320. The molecule has 0 radical (unpaired) electrons. The first-order chi connectivity index (χ1) is 41.0. The molecule has 488 valence electrons. The molecular weight excluding hydrogens is 1020 g/mol. The van der Waals surface area contributed by atoms with Gasteiger partial charge in [-0.1, -0.05) is 351 Å². The van der Waals surface area contributed by atoms with Crippen molar-refractivity contribution in [2.24, 2.45) is 0 Å². The lowest BCUT2D eigenvalue weighted by molar-refractivity contribution is -0.143. The molecule has 0 aromatic carbocycles. The summed E-state index contributed by atoms with van der Waals surface area (Å²) in [6, 6.07) is -0.626. The van der Waals surface area contributed by atoms with E-state index in [0.717, 1.165) is 51.4 Å². The summed E-state index contributed by atoms with van der Waals surface area (Å²) in [7, 11) is 0. The summed E-state index contributed by atoms with van der Waals surface area (Å²) in [5.41, 5.74) is 0. The molecule has 0 spiro atoms. The van der Waals surface area contributed by atoms with Crippen LogP contribution in [0.4, 0.5) is 0 Å². The molecule has 0 bridgehead atoms. The number of amides is 1. The van der Waals surface area contributed by atoms with E-state index in [1.807, 2.05) is 6.08 Å². The highest BCUT2D eigenvalue weighted by Gasteiger charge is 2.18. The number of rotatable bonds is 70. The second-order valence-corrected chi connectivity index (χ2v) is 25.6. The van der Waals surface area contributed by atoms with Crippen molar-refractivity contribution in [3.05, 3.63) is 48.6 Å². The van der Waals surface area contributed by atoms with E-state index in [4.69, 9.17) is 4.74 Å². The van der Waals surface area contributed by atoms with Crippen LogP contribution in [-0.2, 0) is 14.3 Å². The summed E-state index contributed by atoms with van der Waals surface area (Å²) >= 11 is 0. The molecule has 2 atom stereocenters. The van der Waals surface area contributed by atoms with Crippen LogP contribution in [-0.4, -0.2) is 47.4 Å². The Labute approximate surface area is 518 Å². The highest BCUT2D eigenvalue weighted by Crippen LogP contribution is 2.19. The Balaban J connectivity index is 3.37. The van der Waals surface area contributed by atoms with Crippen molar-refractivity contribution in [3.8, 4) is 0 Å². The van der Waals surface area contributed by atoms with E-state index in [1.54, 1.807) is 6.08 Å². The number of ether oxygens (including phenoxy) is 1. The molecule has 3 N–H and O–H groups in total. The van der Waals surface area contributed by atoms with Crippen molar-refractivity contribution in [1.82, 2.24) is 5.32 Å². The Hall–Kier alpha value is -2.18. The van der Waals surface area contributed by atoms with Gasteiger partial charge in [-0.15, -0.1) is 0 Å². The first-order valence-electron chi connectivity index (χ1n) is 37.4. The number of hydrogen-bond acceptors (Lipinski definition) is 5. The van der Waals surface area contributed by atoms with Gasteiger partial charge in [0.1, 0.15) is 0 Å². The van der Waals surface area contributed by atoms with Crippen molar-refractivity contribution < 1.29 is 24.5 Å². The second kappa shape index (κ2) is 72.3. The molecule has 0 aromatic rings. The number of carbonyl (C=O) groups excluding carboxylic acids is 2. The summed E-state index contributed by atoms with van der Waals surface area (Å²) in [6.07, 6.45) is 95.0.